The Bertz CT molecular complexity index is 377. The molecule has 2 atom stereocenters. The Morgan fingerprint density at radius 1 is 1.18 bits per heavy atom. The van der Waals surface area contributed by atoms with Crippen molar-refractivity contribution in [1.29, 1.82) is 0 Å². The van der Waals surface area contributed by atoms with Gasteiger partial charge in [0.15, 0.2) is 9.84 Å². The predicted octanol–water partition coefficient (Wildman–Crippen LogP) is 0.656. The van der Waals surface area contributed by atoms with Gasteiger partial charge >= 0.3 is 0 Å². The van der Waals surface area contributed by atoms with E-state index in [9.17, 15) is 13.5 Å². The van der Waals surface area contributed by atoms with Crippen molar-refractivity contribution in [3.8, 4) is 0 Å². The number of hydrogen-bond donors (Lipinski definition) is 1. The molecule has 5 heteroatoms. The maximum atomic E-state index is 11.5. The lowest BCUT2D eigenvalue weighted by atomic mass is 9.85. The van der Waals surface area contributed by atoms with E-state index in [1.807, 2.05) is 0 Å². The summed E-state index contributed by atoms with van der Waals surface area (Å²) < 4.78 is 23.0. The number of nitrogens with zero attached hydrogens (tertiary/aromatic N) is 1. The number of aliphatic hydroxyl groups is 1. The summed E-state index contributed by atoms with van der Waals surface area (Å²) in [4.78, 5) is 2.18. The molecule has 0 unspecified atom stereocenters. The maximum absolute atomic E-state index is 11.5. The van der Waals surface area contributed by atoms with Crippen molar-refractivity contribution in [2.75, 3.05) is 24.6 Å². The Hall–Kier alpha value is -0.130. The van der Waals surface area contributed by atoms with E-state index in [-0.39, 0.29) is 17.5 Å². The molecule has 100 valence electrons. The van der Waals surface area contributed by atoms with Crippen LogP contribution in [0.15, 0.2) is 0 Å². The number of likely N-dealkylation sites (tertiary alicyclic amines) is 1. The van der Waals surface area contributed by atoms with Gasteiger partial charge in [-0.2, -0.15) is 0 Å². The lowest BCUT2D eigenvalue weighted by Crippen LogP contribution is -2.43. The van der Waals surface area contributed by atoms with Crippen LogP contribution in [0.4, 0.5) is 0 Å². The third kappa shape index (κ3) is 3.20. The third-order valence-electron chi connectivity index (χ3n) is 4.14. The fraction of sp³-hybridized carbons (Fsp3) is 1.00. The van der Waals surface area contributed by atoms with Crippen LogP contribution in [0.3, 0.4) is 0 Å². The first kappa shape index (κ1) is 13.3. The summed E-state index contributed by atoms with van der Waals surface area (Å²) in [6.45, 7) is 6.35. The van der Waals surface area contributed by atoms with E-state index in [2.05, 4.69) is 18.7 Å². The number of aliphatic hydroxyl groups excluding tert-OH is 1. The first-order valence-corrected chi connectivity index (χ1v) is 8.24. The number of rotatable bonds is 1. The van der Waals surface area contributed by atoms with E-state index >= 15 is 0 Å². The smallest absolute Gasteiger partial charge is 0.154 e. The van der Waals surface area contributed by atoms with Crippen LogP contribution in [-0.2, 0) is 9.84 Å². The molecule has 2 fully saturated rings. The van der Waals surface area contributed by atoms with E-state index in [4.69, 9.17) is 0 Å². The van der Waals surface area contributed by atoms with E-state index in [1.165, 1.54) is 6.42 Å². The van der Waals surface area contributed by atoms with Gasteiger partial charge < -0.3 is 5.11 Å². The fourth-order valence-electron chi connectivity index (χ4n) is 2.93. The van der Waals surface area contributed by atoms with Crippen LogP contribution >= 0.6 is 0 Å². The molecule has 0 radical (unpaired) electrons. The van der Waals surface area contributed by atoms with Gasteiger partial charge in [-0.1, -0.05) is 13.8 Å². The quantitative estimate of drug-likeness (QED) is 0.753. The lowest BCUT2D eigenvalue weighted by Gasteiger charge is -2.29. The molecule has 4 nitrogen and oxygen atoms in total. The van der Waals surface area contributed by atoms with E-state index in [1.54, 1.807) is 0 Å². The van der Waals surface area contributed by atoms with Gasteiger partial charge in [0, 0.05) is 0 Å². The summed E-state index contributed by atoms with van der Waals surface area (Å²) in [7, 11) is -3.03. The van der Waals surface area contributed by atoms with Crippen molar-refractivity contribution in [2.24, 2.45) is 5.41 Å². The second-order valence-corrected chi connectivity index (χ2v) is 8.42. The van der Waals surface area contributed by atoms with Crippen molar-refractivity contribution in [1.82, 2.24) is 4.90 Å². The van der Waals surface area contributed by atoms with Gasteiger partial charge in [-0.15, -0.1) is 0 Å². The van der Waals surface area contributed by atoms with Gasteiger partial charge in [-0.25, -0.2) is 8.42 Å². The molecule has 2 rings (SSSR count). The zero-order valence-electron chi connectivity index (χ0n) is 10.7. The monoisotopic (exact) mass is 261 g/mol. The maximum Gasteiger partial charge on any atom is 0.154 e. The van der Waals surface area contributed by atoms with E-state index in [0.717, 1.165) is 25.9 Å². The Morgan fingerprint density at radius 3 is 2.47 bits per heavy atom. The second kappa shape index (κ2) is 4.52. The first-order chi connectivity index (χ1) is 7.79. The highest BCUT2D eigenvalue weighted by Crippen LogP contribution is 2.31. The summed E-state index contributed by atoms with van der Waals surface area (Å²) in [5.74, 6) is 0.0756. The molecule has 17 heavy (non-hydrogen) atoms. The van der Waals surface area contributed by atoms with Crippen molar-refractivity contribution in [2.45, 2.75) is 45.3 Å². The Balaban J connectivity index is 2.04. The largest absolute Gasteiger partial charge is 0.390 e. The first-order valence-electron chi connectivity index (χ1n) is 6.42. The van der Waals surface area contributed by atoms with Crippen molar-refractivity contribution >= 4 is 9.84 Å². The van der Waals surface area contributed by atoms with Crippen LogP contribution < -0.4 is 0 Å². The van der Waals surface area contributed by atoms with Crippen LogP contribution in [0.1, 0.15) is 33.1 Å². The van der Waals surface area contributed by atoms with Crippen LogP contribution in [0, 0.1) is 5.41 Å². The molecule has 2 aliphatic rings. The number of hydrogen-bond acceptors (Lipinski definition) is 4. The average Bonchev–Trinajstić information content (AvgIpc) is 2.35. The summed E-state index contributed by atoms with van der Waals surface area (Å²) in [5.41, 5.74) is 0.344. The summed E-state index contributed by atoms with van der Waals surface area (Å²) in [6, 6.07) is -0.172. The third-order valence-corrected chi connectivity index (χ3v) is 5.84. The molecular weight excluding hydrogens is 238 g/mol. The highest BCUT2D eigenvalue weighted by Gasteiger charge is 2.40. The predicted molar refractivity (Wildman–Crippen MR) is 67.7 cm³/mol. The van der Waals surface area contributed by atoms with Gasteiger partial charge in [0.25, 0.3) is 0 Å². The SMILES string of the molecule is CC1(C)CCCN([C@@H]2CS(=O)(=O)C[C@H]2O)CC1. The summed E-state index contributed by atoms with van der Waals surface area (Å²) >= 11 is 0. The molecule has 0 aliphatic carbocycles. The highest BCUT2D eigenvalue weighted by molar-refractivity contribution is 7.91. The molecule has 0 aromatic heterocycles. The zero-order chi connectivity index (χ0) is 12.7. The Labute approximate surface area is 104 Å². The topological polar surface area (TPSA) is 57.6 Å². The molecule has 0 spiro atoms. The summed E-state index contributed by atoms with van der Waals surface area (Å²) in [6.07, 6.45) is 2.66. The molecule has 0 saturated carbocycles. The Morgan fingerprint density at radius 2 is 1.88 bits per heavy atom. The molecule has 1 N–H and O–H groups in total. The normalized spacial score (nSPS) is 37.8. The van der Waals surface area contributed by atoms with Crippen LogP contribution in [-0.4, -0.2) is 55.2 Å². The standard InChI is InChI=1S/C12H23NO3S/c1-12(2)4-3-6-13(7-5-12)10-8-17(15,16)9-11(10)14/h10-11,14H,3-9H2,1-2H3/t10-,11-/m1/s1. The molecule has 0 amide bonds. The second-order valence-electron chi connectivity index (χ2n) is 6.27. The van der Waals surface area contributed by atoms with Crippen LogP contribution in [0.5, 0.6) is 0 Å². The molecule has 2 heterocycles. The minimum absolute atomic E-state index is 0.0580. The van der Waals surface area contributed by atoms with Crippen molar-refractivity contribution in [3.05, 3.63) is 0 Å². The summed E-state index contributed by atoms with van der Waals surface area (Å²) in [5, 5.41) is 9.88. The Kier molecular flexibility index (Phi) is 3.54. The zero-order valence-corrected chi connectivity index (χ0v) is 11.5. The molecule has 0 bridgehead atoms. The lowest BCUT2D eigenvalue weighted by molar-refractivity contribution is 0.0834. The molecular formula is C12H23NO3S. The van der Waals surface area contributed by atoms with Crippen LogP contribution in [0.2, 0.25) is 0 Å². The van der Waals surface area contributed by atoms with E-state index in [0.29, 0.717) is 5.41 Å². The molecule has 0 aromatic carbocycles. The minimum Gasteiger partial charge on any atom is -0.390 e. The minimum atomic E-state index is -3.03. The average molecular weight is 261 g/mol. The van der Waals surface area contributed by atoms with Crippen molar-refractivity contribution in [3.63, 3.8) is 0 Å². The number of sulfone groups is 1. The molecule has 2 aliphatic heterocycles. The van der Waals surface area contributed by atoms with Crippen LogP contribution in [0.25, 0.3) is 0 Å². The van der Waals surface area contributed by atoms with Gasteiger partial charge in [-0.3, -0.25) is 4.90 Å². The van der Waals surface area contributed by atoms with Gasteiger partial charge in [0.1, 0.15) is 0 Å². The highest BCUT2D eigenvalue weighted by atomic mass is 32.2. The van der Waals surface area contributed by atoms with Gasteiger partial charge in [0.2, 0.25) is 0 Å². The molecule has 2 saturated heterocycles. The van der Waals surface area contributed by atoms with Gasteiger partial charge in [-0.05, 0) is 37.8 Å². The van der Waals surface area contributed by atoms with Gasteiger partial charge in [0.05, 0.1) is 23.7 Å². The van der Waals surface area contributed by atoms with Crippen molar-refractivity contribution < 1.29 is 13.5 Å². The van der Waals surface area contributed by atoms with E-state index < -0.39 is 15.9 Å². The fourth-order valence-corrected chi connectivity index (χ4v) is 4.77. The molecule has 0 aromatic rings.